The van der Waals surface area contributed by atoms with Gasteiger partial charge in [0.2, 0.25) is 0 Å². The van der Waals surface area contributed by atoms with E-state index in [-0.39, 0.29) is 5.91 Å². The molecule has 0 aliphatic carbocycles. The first-order valence-corrected chi connectivity index (χ1v) is 7.99. The second-order valence-corrected chi connectivity index (χ2v) is 6.20. The number of aromatic nitrogens is 1. The summed E-state index contributed by atoms with van der Waals surface area (Å²) in [5.74, 6) is 0.0294. The molecule has 1 fully saturated rings. The van der Waals surface area contributed by atoms with Gasteiger partial charge in [-0.15, -0.1) is 11.3 Å². The molecule has 0 bridgehead atoms. The van der Waals surface area contributed by atoms with E-state index in [4.69, 9.17) is 0 Å². The number of nitrogens with zero attached hydrogens (tertiary/aromatic N) is 2. The van der Waals surface area contributed by atoms with Crippen LogP contribution in [0.5, 0.6) is 0 Å². The third-order valence-corrected chi connectivity index (χ3v) is 4.53. The minimum Gasteiger partial charge on any atom is -0.351 e. The van der Waals surface area contributed by atoms with Gasteiger partial charge in [-0.2, -0.15) is 0 Å². The van der Waals surface area contributed by atoms with Crippen molar-refractivity contribution in [3.8, 4) is 0 Å². The number of likely N-dealkylation sites (tertiary alicyclic amines) is 1. The average Bonchev–Trinajstić information content (AvgIpc) is 2.78. The number of rotatable bonds is 5. The monoisotopic (exact) mass is 281 g/mol. The molecule has 106 valence electrons. The fraction of sp³-hybridized carbons (Fsp3) is 0.714. The lowest BCUT2D eigenvalue weighted by molar-refractivity contribution is 0.0957. The fourth-order valence-electron chi connectivity index (χ4n) is 2.36. The molecular weight excluding hydrogens is 258 g/mol. The summed E-state index contributed by atoms with van der Waals surface area (Å²) in [7, 11) is 0. The van der Waals surface area contributed by atoms with Gasteiger partial charge >= 0.3 is 0 Å². The molecular formula is C14H23N3OS. The first-order valence-electron chi connectivity index (χ1n) is 7.17. The molecule has 0 radical (unpaired) electrons. The predicted octanol–water partition coefficient (Wildman–Crippen LogP) is 2.58. The Bertz CT molecular complexity index is 424. The van der Waals surface area contributed by atoms with Crippen LogP contribution in [0.3, 0.4) is 0 Å². The molecule has 5 heteroatoms. The third kappa shape index (κ3) is 4.01. The highest BCUT2D eigenvalue weighted by Gasteiger charge is 2.17. The largest absolute Gasteiger partial charge is 0.351 e. The number of hydrogen-bond acceptors (Lipinski definition) is 4. The van der Waals surface area contributed by atoms with Crippen molar-refractivity contribution >= 4 is 17.2 Å². The number of nitrogens with one attached hydrogen (secondary N) is 1. The Morgan fingerprint density at radius 2 is 2.11 bits per heavy atom. The molecule has 19 heavy (non-hydrogen) atoms. The van der Waals surface area contributed by atoms with Crippen LogP contribution in [-0.2, 0) is 6.54 Å². The van der Waals surface area contributed by atoms with Crippen molar-refractivity contribution in [1.29, 1.82) is 0 Å². The highest BCUT2D eigenvalue weighted by molar-refractivity contribution is 7.13. The highest BCUT2D eigenvalue weighted by Crippen LogP contribution is 2.21. The molecule has 2 rings (SSSR count). The zero-order valence-electron chi connectivity index (χ0n) is 11.9. The number of thiazole rings is 1. The summed E-state index contributed by atoms with van der Waals surface area (Å²) in [5, 5.41) is 3.99. The second-order valence-electron chi connectivity index (χ2n) is 5.11. The molecule has 1 amide bonds. The van der Waals surface area contributed by atoms with E-state index in [1.54, 1.807) is 11.3 Å². The number of aryl methyl sites for hydroxylation is 1. The maximum atomic E-state index is 12.0. The van der Waals surface area contributed by atoms with Gasteiger partial charge in [0.25, 0.3) is 5.91 Å². The van der Waals surface area contributed by atoms with Gasteiger partial charge in [0.05, 0.1) is 12.2 Å². The van der Waals surface area contributed by atoms with Gasteiger partial charge in [-0.3, -0.25) is 9.69 Å². The third-order valence-electron chi connectivity index (χ3n) is 3.39. The normalized spacial score (nSPS) is 16.5. The van der Waals surface area contributed by atoms with E-state index in [1.165, 1.54) is 19.3 Å². The van der Waals surface area contributed by atoms with Crippen LogP contribution in [0.4, 0.5) is 0 Å². The van der Waals surface area contributed by atoms with Gasteiger partial charge in [-0.25, -0.2) is 4.98 Å². The summed E-state index contributed by atoms with van der Waals surface area (Å²) in [4.78, 5) is 19.7. The quantitative estimate of drug-likeness (QED) is 0.902. The van der Waals surface area contributed by atoms with Crippen LogP contribution in [0.1, 0.15) is 53.0 Å². The van der Waals surface area contributed by atoms with Gasteiger partial charge in [-0.1, -0.05) is 13.3 Å². The molecule has 2 heterocycles. The Kier molecular flexibility index (Phi) is 5.34. The van der Waals surface area contributed by atoms with E-state index in [0.717, 1.165) is 48.2 Å². The van der Waals surface area contributed by atoms with Crippen molar-refractivity contribution in [2.24, 2.45) is 0 Å². The van der Waals surface area contributed by atoms with Crippen LogP contribution >= 0.6 is 11.3 Å². The number of amides is 1. The number of carbonyl (C=O) groups excluding carboxylic acids is 1. The molecule has 0 atom stereocenters. The van der Waals surface area contributed by atoms with Gasteiger partial charge in [0.1, 0.15) is 9.88 Å². The number of carbonyl (C=O) groups is 1. The minimum atomic E-state index is 0.0294. The molecule has 0 spiro atoms. The van der Waals surface area contributed by atoms with E-state index in [9.17, 15) is 4.79 Å². The second kappa shape index (κ2) is 7.01. The molecule has 1 saturated heterocycles. The Morgan fingerprint density at radius 1 is 1.37 bits per heavy atom. The van der Waals surface area contributed by atoms with Gasteiger partial charge in [0, 0.05) is 6.54 Å². The summed E-state index contributed by atoms with van der Waals surface area (Å²) >= 11 is 1.55. The van der Waals surface area contributed by atoms with Crippen LogP contribution in [0, 0.1) is 6.92 Å². The lowest BCUT2D eigenvalue weighted by Gasteiger charge is -2.25. The highest BCUT2D eigenvalue weighted by atomic mass is 32.1. The van der Waals surface area contributed by atoms with Crippen molar-refractivity contribution in [3.63, 3.8) is 0 Å². The molecule has 1 N–H and O–H groups in total. The van der Waals surface area contributed by atoms with E-state index in [2.05, 4.69) is 22.1 Å². The maximum absolute atomic E-state index is 12.0. The van der Waals surface area contributed by atoms with Crippen molar-refractivity contribution in [3.05, 3.63) is 15.6 Å². The number of hydrogen-bond donors (Lipinski definition) is 1. The van der Waals surface area contributed by atoms with Crippen molar-refractivity contribution < 1.29 is 4.79 Å². The number of piperidine rings is 1. The molecule has 1 aromatic heterocycles. The fourth-order valence-corrected chi connectivity index (χ4v) is 3.38. The van der Waals surface area contributed by atoms with Gasteiger partial charge in [0.15, 0.2) is 0 Å². The molecule has 1 aromatic rings. The zero-order chi connectivity index (χ0) is 13.7. The Morgan fingerprint density at radius 3 is 2.79 bits per heavy atom. The predicted molar refractivity (Wildman–Crippen MR) is 78.6 cm³/mol. The van der Waals surface area contributed by atoms with E-state index in [1.807, 2.05) is 6.92 Å². The zero-order valence-corrected chi connectivity index (χ0v) is 12.7. The van der Waals surface area contributed by atoms with Crippen molar-refractivity contribution in [1.82, 2.24) is 15.2 Å². The summed E-state index contributed by atoms with van der Waals surface area (Å²) < 4.78 is 0. The molecule has 0 aromatic carbocycles. The lowest BCUT2D eigenvalue weighted by Crippen LogP contribution is -2.29. The SMILES string of the molecule is CCCNC(=O)c1sc(CN2CCCCC2)nc1C. The van der Waals surface area contributed by atoms with Gasteiger partial charge < -0.3 is 5.32 Å². The van der Waals surface area contributed by atoms with Crippen molar-refractivity contribution in [2.45, 2.75) is 46.1 Å². The lowest BCUT2D eigenvalue weighted by atomic mass is 10.1. The summed E-state index contributed by atoms with van der Waals surface area (Å²) in [6.45, 7) is 7.94. The molecule has 1 aliphatic heterocycles. The standard InChI is InChI=1S/C14H23N3OS/c1-3-7-15-14(18)13-11(2)16-12(19-13)10-17-8-5-4-6-9-17/h3-10H2,1-2H3,(H,15,18). The summed E-state index contributed by atoms with van der Waals surface area (Å²) in [5.41, 5.74) is 0.866. The summed E-state index contributed by atoms with van der Waals surface area (Å²) in [6, 6.07) is 0. The van der Waals surface area contributed by atoms with E-state index in [0.29, 0.717) is 0 Å². The average molecular weight is 281 g/mol. The van der Waals surface area contributed by atoms with Crippen LogP contribution in [0.2, 0.25) is 0 Å². The van der Waals surface area contributed by atoms with Crippen LogP contribution in [0.15, 0.2) is 0 Å². The molecule has 0 unspecified atom stereocenters. The Balaban J connectivity index is 1.97. The summed E-state index contributed by atoms with van der Waals surface area (Å²) in [6.07, 6.45) is 4.88. The molecule has 1 aliphatic rings. The Hall–Kier alpha value is -0.940. The maximum Gasteiger partial charge on any atom is 0.263 e. The smallest absolute Gasteiger partial charge is 0.263 e. The van der Waals surface area contributed by atoms with Crippen LogP contribution in [0.25, 0.3) is 0 Å². The Labute approximate surface area is 119 Å². The first-order chi connectivity index (χ1) is 9.20. The molecule has 4 nitrogen and oxygen atoms in total. The minimum absolute atomic E-state index is 0.0294. The molecule has 0 saturated carbocycles. The van der Waals surface area contributed by atoms with Crippen LogP contribution < -0.4 is 5.32 Å². The van der Waals surface area contributed by atoms with Gasteiger partial charge in [-0.05, 0) is 39.3 Å². The topological polar surface area (TPSA) is 45.2 Å². The van der Waals surface area contributed by atoms with E-state index >= 15 is 0 Å². The first kappa shape index (κ1) is 14.5. The van der Waals surface area contributed by atoms with Crippen molar-refractivity contribution in [2.75, 3.05) is 19.6 Å². The van der Waals surface area contributed by atoms with E-state index < -0.39 is 0 Å². The van der Waals surface area contributed by atoms with Crippen LogP contribution in [-0.4, -0.2) is 35.4 Å².